The van der Waals surface area contributed by atoms with E-state index >= 15 is 0 Å². The summed E-state index contributed by atoms with van der Waals surface area (Å²) in [6.07, 6.45) is 0.863. The molecule has 0 aliphatic rings. The molecule has 2 N–H and O–H groups in total. The van der Waals surface area contributed by atoms with E-state index in [9.17, 15) is 0 Å². The zero-order chi connectivity index (χ0) is 13.0. The van der Waals surface area contributed by atoms with Gasteiger partial charge < -0.3 is 10.5 Å². The lowest BCUT2D eigenvalue weighted by molar-refractivity contribution is 0.268. The molecule has 0 heterocycles. The van der Waals surface area contributed by atoms with Crippen LogP contribution in [0.1, 0.15) is 26.3 Å². The SMILES string of the molecule is CC(C)COc1c(Br)cc(CC(C)N)cc1Br. The van der Waals surface area contributed by atoms with E-state index in [-0.39, 0.29) is 6.04 Å². The number of ether oxygens (including phenoxy) is 1. The maximum atomic E-state index is 5.80. The minimum atomic E-state index is 0.163. The van der Waals surface area contributed by atoms with Gasteiger partial charge in [-0.05, 0) is 68.8 Å². The zero-order valence-electron chi connectivity index (χ0n) is 10.5. The van der Waals surface area contributed by atoms with Crippen LogP contribution in [-0.4, -0.2) is 12.6 Å². The molecule has 2 nitrogen and oxygen atoms in total. The molecule has 17 heavy (non-hydrogen) atoms. The Labute approximate surface area is 120 Å². The number of hydrogen-bond acceptors (Lipinski definition) is 2. The molecule has 0 saturated carbocycles. The molecule has 0 fully saturated rings. The van der Waals surface area contributed by atoms with Crippen LogP contribution in [0.4, 0.5) is 0 Å². The molecule has 1 aromatic rings. The van der Waals surface area contributed by atoms with Gasteiger partial charge in [0.2, 0.25) is 0 Å². The highest BCUT2D eigenvalue weighted by Crippen LogP contribution is 2.35. The minimum absolute atomic E-state index is 0.163. The van der Waals surface area contributed by atoms with Gasteiger partial charge in [-0.2, -0.15) is 0 Å². The summed E-state index contributed by atoms with van der Waals surface area (Å²) in [7, 11) is 0. The molecule has 1 atom stereocenters. The van der Waals surface area contributed by atoms with Crippen LogP contribution in [-0.2, 0) is 6.42 Å². The molecule has 0 radical (unpaired) electrons. The second kappa shape index (κ2) is 6.76. The molecule has 0 saturated heterocycles. The summed E-state index contributed by atoms with van der Waals surface area (Å²) >= 11 is 7.08. The topological polar surface area (TPSA) is 35.2 Å². The Hall–Kier alpha value is -0.0600. The third kappa shape index (κ3) is 4.98. The van der Waals surface area contributed by atoms with Crippen LogP contribution in [0.15, 0.2) is 21.1 Å². The average Bonchev–Trinajstić information content (AvgIpc) is 2.14. The fraction of sp³-hybridized carbons (Fsp3) is 0.538. The Bertz CT molecular complexity index is 355. The summed E-state index contributed by atoms with van der Waals surface area (Å²) in [4.78, 5) is 0. The summed E-state index contributed by atoms with van der Waals surface area (Å²) < 4.78 is 7.71. The summed E-state index contributed by atoms with van der Waals surface area (Å²) in [5.41, 5.74) is 7.00. The quantitative estimate of drug-likeness (QED) is 0.852. The smallest absolute Gasteiger partial charge is 0.147 e. The monoisotopic (exact) mass is 363 g/mol. The normalized spacial score (nSPS) is 12.9. The number of halogens is 2. The first kappa shape index (κ1) is 15.0. The Kier molecular flexibility index (Phi) is 5.97. The minimum Gasteiger partial charge on any atom is -0.491 e. The van der Waals surface area contributed by atoms with E-state index in [0.29, 0.717) is 12.5 Å². The van der Waals surface area contributed by atoms with Crippen molar-refractivity contribution in [2.24, 2.45) is 11.7 Å². The van der Waals surface area contributed by atoms with E-state index in [1.807, 2.05) is 6.92 Å². The van der Waals surface area contributed by atoms with Crippen LogP contribution in [0.5, 0.6) is 5.75 Å². The Balaban J connectivity index is 2.86. The zero-order valence-corrected chi connectivity index (χ0v) is 13.6. The van der Waals surface area contributed by atoms with Crippen molar-refractivity contribution in [2.75, 3.05) is 6.61 Å². The van der Waals surface area contributed by atoms with E-state index in [0.717, 1.165) is 21.1 Å². The van der Waals surface area contributed by atoms with Crippen molar-refractivity contribution in [1.82, 2.24) is 0 Å². The number of nitrogens with two attached hydrogens (primary N) is 1. The van der Waals surface area contributed by atoms with Crippen molar-refractivity contribution in [2.45, 2.75) is 33.2 Å². The molecule has 96 valence electrons. The lowest BCUT2D eigenvalue weighted by atomic mass is 10.1. The Morgan fingerprint density at radius 2 is 1.71 bits per heavy atom. The van der Waals surface area contributed by atoms with Gasteiger partial charge in [0.1, 0.15) is 5.75 Å². The maximum Gasteiger partial charge on any atom is 0.147 e. The molecule has 0 aliphatic carbocycles. The largest absolute Gasteiger partial charge is 0.491 e. The van der Waals surface area contributed by atoms with Gasteiger partial charge in [-0.1, -0.05) is 13.8 Å². The highest BCUT2D eigenvalue weighted by molar-refractivity contribution is 9.11. The van der Waals surface area contributed by atoms with Gasteiger partial charge >= 0.3 is 0 Å². The van der Waals surface area contributed by atoms with Gasteiger partial charge in [-0.25, -0.2) is 0 Å². The van der Waals surface area contributed by atoms with Crippen molar-refractivity contribution >= 4 is 31.9 Å². The van der Waals surface area contributed by atoms with E-state index < -0.39 is 0 Å². The summed E-state index contributed by atoms with van der Waals surface area (Å²) in [6, 6.07) is 4.31. The first-order valence-corrected chi connectivity index (χ1v) is 7.35. The van der Waals surface area contributed by atoms with E-state index in [4.69, 9.17) is 10.5 Å². The molecule has 1 unspecified atom stereocenters. The number of hydrogen-bond donors (Lipinski definition) is 1. The Morgan fingerprint density at radius 1 is 1.18 bits per heavy atom. The van der Waals surface area contributed by atoms with E-state index in [2.05, 4.69) is 57.8 Å². The molecular formula is C13H19Br2NO. The second-order valence-corrected chi connectivity index (χ2v) is 6.48. The van der Waals surface area contributed by atoms with Gasteiger partial charge in [0.05, 0.1) is 15.6 Å². The first-order chi connectivity index (χ1) is 7.90. The number of rotatable bonds is 5. The predicted molar refractivity (Wildman–Crippen MR) is 79.5 cm³/mol. The summed E-state index contributed by atoms with van der Waals surface area (Å²) in [6.45, 7) is 6.98. The van der Waals surface area contributed by atoms with Crippen LogP contribution in [0.2, 0.25) is 0 Å². The van der Waals surface area contributed by atoms with Gasteiger partial charge in [0.15, 0.2) is 0 Å². The van der Waals surface area contributed by atoms with Crippen molar-refractivity contribution in [3.63, 3.8) is 0 Å². The lowest BCUT2D eigenvalue weighted by Gasteiger charge is -2.14. The molecule has 1 aromatic carbocycles. The van der Waals surface area contributed by atoms with E-state index in [1.54, 1.807) is 0 Å². The third-order valence-electron chi connectivity index (χ3n) is 2.18. The van der Waals surface area contributed by atoms with Crippen molar-refractivity contribution < 1.29 is 4.74 Å². The van der Waals surface area contributed by atoms with Crippen LogP contribution in [0.3, 0.4) is 0 Å². The van der Waals surface area contributed by atoms with E-state index in [1.165, 1.54) is 5.56 Å². The average molecular weight is 365 g/mol. The molecule has 0 spiro atoms. The van der Waals surface area contributed by atoms with Gasteiger partial charge in [0, 0.05) is 6.04 Å². The maximum absolute atomic E-state index is 5.80. The molecule has 1 rings (SSSR count). The van der Waals surface area contributed by atoms with Gasteiger partial charge in [0.25, 0.3) is 0 Å². The molecular weight excluding hydrogens is 346 g/mol. The summed E-state index contributed by atoms with van der Waals surface area (Å²) in [5, 5.41) is 0. The van der Waals surface area contributed by atoms with Crippen molar-refractivity contribution in [3.05, 3.63) is 26.6 Å². The molecule has 4 heteroatoms. The molecule has 0 bridgehead atoms. The highest BCUT2D eigenvalue weighted by atomic mass is 79.9. The highest BCUT2D eigenvalue weighted by Gasteiger charge is 2.10. The Morgan fingerprint density at radius 3 is 2.12 bits per heavy atom. The van der Waals surface area contributed by atoms with Gasteiger partial charge in [-0.15, -0.1) is 0 Å². The third-order valence-corrected chi connectivity index (χ3v) is 3.35. The van der Waals surface area contributed by atoms with Gasteiger partial charge in [-0.3, -0.25) is 0 Å². The molecule has 0 amide bonds. The fourth-order valence-electron chi connectivity index (χ4n) is 1.49. The first-order valence-electron chi connectivity index (χ1n) is 5.76. The van der Waals surface area contributed by atoms with Crippen molar-refractivity contribution in [1.29, 1.82) is 0 Å². The van der Waals surface area contributed by atoms with Crippen LogP contribution < -0.4 is 10.5 Å². The van der Waals surface area contributed by atoms with Crippen LogP contribution in [0, 0.1) is 5.92 Å². The standard InChI is InChI=1S/C13H19Br2NO/c1-8(2)7-17-13-11(14)5-10(4-9(3)16)6-12(13)15/h5-6,8-9H,4,7,16H2,1-3H3. The summed E-state index contributed by atoms with van der Waals surface area (Å²) in [5.74, 6) is 1.38. The van der Waals surface area contributed by atoms with Crippen LogP contribution in [0.25, 0.3) is 0 Å². The number of benzene rings is 1. The lowest BCUT2D eigenvalue weighted by Crippen LogP contribution is -2.17. The fourth-order valence-corrected chi connectivity index (χ4v) is 3.00. The predicted octanol–water partition coefficient (Wildman–Crippen LogP) is 4.14. The van der Waals surface area contributed by atoms with Crippen molar-refractivity contribution in [3.8, 4) is 5.75 Å². The van der Waals surface area contributed by atoms with Crippen LogP contribution >= 0.6 is 31.9 Å². The molecule has 0 aliphatic heterocycles. The second-order valence-electron chi connectivity index (χ2n) is 4.77. The molecule has 0 aromatic heterocycles.